The lowest BCUT2D eigenvalue weighted by Crippen LogP contribution is -2.36. The number of hydrogen-bond acceptors (Lipinski definition) is 7. The van der Waals surface area contributed by atoms with E-state index in [0.29, 0.717) is 32.9 Å². The van der Waals surface area contributed by atoms with E-state index < -0.39 is 24.5 Å². The third kappa shape index (κ3) is 6.72. The van der Waals surface area contributed by atoms with Gasteiger partial charge in [0.1, 0.15) is 12.2 Å². The number of nitrogens with one attached hydrogen (secondary N) is 2. The Kier molecular flexibility index (Phi) is 8.68. The number of esters is 1. The Morgan fingerprint density at radius 3 is 2.51 bits per heavy atom. The number of anilines is 1. The third-order valence-electron chi connectivity index (χ3n) is 4.80. The van der Waals surface area contributed by atoms with Crippen molar-refractivity contribution in [1.82, 2.24) is 10.2 Å². The van der Waals surface area contributed by atoms with Crippen LogP contribution in [0.2, 0.25) is 0 Å². The van der Waals surface area contributed by atoms with Crippen molar-refractivity contribution in [2.45, 2.75) is 13.8 Å². The minimum Gasteiger partial charge on any atom is -0.490 e. The Morgan fingerprint density at radius 1 is 1.14 bits per heavy atom. The van der Waals surface area contributed by atoms with Crippen molar-refractivity contribution in [3.05, 3.63) is 56.8 Å². The molecule has 1 saturated heterocycles. The third-order valence-corrected chi connectivity index (χ3v) is 5.60. The number of amides is 4. The molecule has 0 spiro atoms. The van der Waals surface area contributed by atoms with Crippen molar-refractivity contribution in [3.63, 3.8) is 0 Å². The molecular formula is C24H24IN3O7. The molecule has 184 valence electrons. The van der Waals surface area contributed by atoms with Gasteiger partial charge in [0.05, 0.1) is 17.3 Å². The number of ether oxygens (including phenoxy) is 3. The fourth-order valence-corrected chi connectivity index (χ4v) is 3.90. The van der Waals surface area contributed by atoms with E-state index >= 15 is 0 Å². The zero-order valence-corrected chi connectivity index (χ0v) is 21.5. The minimum absolute atomic E-state index is 0.00305. The molecule has 3 rings (SSSR count). The lowest BCUT2D eigenvalue weighted by atomic mass is 10.1. The second-order valence-corrected chi connectivity index (χ2v) is 8.58. The summed E-state index contributed by atoms with van der Waals surface area (Å²) in [5.74, 6) is -0.944. The topological polar surface area (TPSA) is 123 Å². The van der Waals surface area contributed by atoms with Crippen LogP contribution in [0.4, 0.5) is 10.5 Å². The van der Waals surface area contributed by atoms with Gasteiger partial charge >= 0.3 is 12.0 Å². The average Bonchev–Trinajstić information content (AvgIpc) is 3.07. The number of benzene rings is 2. The van der Waals surface area contributed by atoms with Gasteiger partial charge in [-0.15, -0.1) is 0 Å². The molecule has 1 aliphatic rings. The van der Waals surface area contributed by atoms with Crippen molar-refractivity contribution >= 4 is 58.2 Å². The summed E-state index contributed by atoms with van der Waals surface area (Å²) in [7, 11) is 1.17. The predicted octanol–water partition coefficient (Wildman–Crippen LogP) is 3.08. The number of hydrogen-bond donors (Lipinski definition) is 2. The Labute approximate surface area is 215 Å². The molecule has 11 heteroatoms. The molecule has 2 aromatic carbocycles. The quantitative estimate of drug-likeness (QED) is 0.198. The van der Waals surface area contributed by atoms with E-state index in [-0.39, 0.29) is 18.2 Å². The number of rotatable bonds is 9. The van der Waals surface area contributed by atoms with Crippen LogP contribution in [0.3, 0.4) is 0 Å². The van der Waals surface area contributed by atoms with Crippen LogP contribution in [0.1, 0.15) is 18.1 Å². The zero-order chi connectivity index (χ0) is 25.5. The number of carbonyl (C=O) groups is 4. The van der Waals surface area contributed by atoms with Gasteiger partial charge in [-0.2, -0.15) is 0 Å². The zero-order valence-electron chi connectivity index (χ0n) is 19.3. The lowest BCUT2D eigenvalue weighted by molar-refractivity contribution is -0.143. The normalized spacial score (nSPS) is 14.1. The summed E-state index contributed by atoms with van der Waals surface area (Å²) in [6, 6.07) is 10.0. The summed E-state index contributed by atoms with van der Waals surface area (Å²) >= 11 is 2.04. The van der Waals surface area contributed by atoms with Gasteiger partial charge in [-0.3, -0.25) is 14.4 Å². The molecule has 10 nitrogen and oxygen atoms in total. The molecule has 0 saturated carbocycles. The van der Waals surface area contributed by atoms with Gasteiger partial charge in [-0.05, 0) is 72.3 Å². The molecule has 1 fully saturated rings. The SMILES string of the molecule is CCOc1cc(/C=C2/NC(=O)N(CC(=O)OC)C2=O)cc(I)c1OCC(=O)Nc1ccc(C)cc1. The van der Waals surface area contributed by atoms with Crippen molar-refractivity contribution in [2.75, 3.05) is 32.2 Å². The fraction of sp³-hybridized carbons (Fsp3) is 0.250. The van der Waals surface area contributed by atoms with E-state index in [2.05, 4.69) is 15.4 Å². The molecule has 2 aromatic rings. The average molecular weight is 593 g/mol. The van der Waals surface area contributed by atoms with E-state index in [9.17, 15) is 19.2 Å². The second-order valence-electron chi connectivity index (χ2n) is 7.42. The Bertz CT molecular complexity index is 1180. The van der Waals surface area contributed by atoms with Gasteiger partial charge in [-0.25, -0.2) is 9.69 Å². The molecule has 0 bridgehead atoms. The van der Waals surface area contributed by atoms with Crippen molar-refractivity contribution in [2.24, 2.45) is 0 Å². The van der Waals surface area contributed by atoms with Crippen LogP contribution in [0.25, 0.3) is 6.08 Å². The molecule has 2 N–H and O–H groups in total. The van der Waals surface area contributed by atoms with Crippen LogP contribution in [0, 0.1) is 10.5 Å². The fourth-order valence-electron chi connectivity index (χ4n) is 3.12. The summed E-state index contributed by atoms with van der Waals surface area (Å²) in [6.45, 7) is 3.38. The maximum atomic E-state index is 12.5. The van der Waals surface area contributed by atoms with E-state index in [4.69, 9.17) is 9.47 Å². The summed E-state index contributed by atoms with van der Waals surface area (Å²) in [6.07, 6.45) is 1.47. The monoisotopic (exact) mass is 593 g/mol. The van der Waals surface area contributed by atoms with Gasteiger partial charge in [-0.1, -0.05) is 17.7 Å². The van der Waals surface area contributed by atoms with Crippen molar-refractivity contribution < 1.29 is 33.4 Å². The largest absolute Gasteiger partial charge is 0.490 e. The first-order valence-electron chi connectivity index (χ1n) is 10.6. The highest BCUT2D eigenvalue weighted by atomic mass is 127. The number of halogens is 1. The second kappa shape index (κ2) is 11.7. The minimum atomic E-state index is -0.717. The molecule has 0 radical (unpaired) electrons. The number of carbonyl (C=O) groups excluding carboxylic acids is 4. The lowest BCUT2D eigenvalue weighted by Gasteiger charge is -2.15. The molecule has 1 aliphatic heterocycles. The molecule has 35 heavy (non-hydrogen) atoms. The number of imide groups is 1. The molecule has 4 amide bonds. The van der Waals surface area contributed by atoms with Crippen LogP contribution in [-0.2, 0) is 19.1 Å². The van der Waals surface area contributed by atoms with Gasteiger partial charge in [0.25, 0.3) is 11.8 Å². The molecule has 0 atom stereocenters. The summed E-state index contributed by atoms with van der Waals surface area (Å²) in [5, 5.41) is 5.22. The molecule has 1 heterocycles. The number of urea groups is 1. The maximum absolute atomic E-state index is 12.5. The Hall–Kier alpha value is -3.61. The van der Waals surface area contributed by atoms with E-state index in [1.165, 1.54) is 13.2 Å². The van der Waals surface area contributed by atoms with E-state index in [0.717, 1.165) is 10.5 Å². The highest BCUT2D eigenvalue weighted by Gasteiger charge is 2.35. The summed E-state index contributed by atoms with van der Waals surface area (Å²) < 4.78 is 16.6. The number of aryl methyl sites for hydroxylation is 1. The van der Waals surface area contributed by atoms with Crippen LogP contribution < -0.4 is 20.1 Å². The van der Waals surface area contributed by atoms with Crippen LogP contribution >= 0.6 is 22.6 Å². The molecule has 0 aromatic heterocycles. The first-order valence-corrected chi connectivity index (χ1v) is 11.7. The molecular weight excluding hydrogens is 569 g/mol. The number of nitrogens with zero attached hydrogens (tertiary/aromatic N) is 1. The first kappa shape index (κ1) is 26.0. The maximum Gasteiger partial charge on any atom is 0.329 e. The van der Waals surface area contributed by atoms with Crippen molar-refractivity contribution in [3.8, 4) is 11.5 Å². The predicted molar refractivity (Wildman–Crippen MR) is 136 cm³/mol. The first-order chi connectivity index (χ1) is 16.7. The van der Waals surface area contributed by atoms with Gasteiger partial charge in [0.2, 0.25) is 0 Å². The van der Waals surface area contributed by atoms with Crippen LogP contribution in [-0.4, -0.2) is 55.6 Å². The summed E-state index contributed by atoms with van der Waals surface area (Å²) in [4.78, 5) is 49.2. The molecule has 0 aliphatic carbocycles. The highest BCUT2D eigenvalue weighted by molar-refractivity contribution is 14.1. The van der Waals surface area contributed by atoms with E-state index in [1.54, 1.807) is 31.2 Å². The van der Waals surface area contributed by atoms with Crippen LogP contribution in [0.15, 0.2) is 42.1 Å². The van der Waals surface area contributed by atoms with E-state index in [1.807, 2.05) is 41.6 Å². The van der Waals surface area contributed by atoms with Gasteiger partial charge in [0, 0.05) is 5.69 Å². The van der Waals surface area contributed by atoms with Crippen LogP contribution in [0.5, 0.6) is 11.5 Å². The highest BCUT2D eigenvalue weighted by Crippen LogP contribution is 2.35. The smallest absolute Gasteiger partial charge is 0.329 e. The number of methoxy groups -OCH3 is 1. The standard InChI is InChI=1S/C24H24IN3O7/c1-4-34-19-11-15(10-18-23(31)28(24(32)27-18)12-21(30)33-3)9-17(25)22(19)35-13-20(29)26-16-7-5-14(2)6-8-16/h5-11H,4,12-13H2,1-3H3,(H,26,29)(H,27,32)/b18-10+. The summed E-state index contributed by atoms with van der Waals surface area (Å²) in [5.41, 5.74) is 2.30. The molecule has 0 unspecified atom stereocenters. The van der Waals surface area contributed by atoms with Gasteiger partial charge in [0.15, 0.2) is 18.1 Å². The van der Waals surface area contributed by atoms with Gasteiger partial charge < -0.3 is 24.8 Å². The van der Waals surface area contributed by atoms with Crippen molar-refractivity contribution in [1.29, 1.82) is 0 Å². The Balaban J connectivity index is 1.75. The Morgan fingerprint density at radius 2 is 1.86 bits per heavy atom.